The van der Waals surface area contributed by atoms with Crippen molar-refractivity contribution in [1.82, 2.24) is 5.32 Å². The molecule has 38 heavy (non-hydrogen) atoms. The van der Waals surface area contributed by atoms with Crippen LogP contribution in [0.4, 0.5) is 4.79 Å². The van der Waals surface area contributed by atoms with E-state index >= 15 is 0 Å². The Labute approximate surface area is 223 Å². The number of esters is 1. The largest absolute Gasteiger partial charge is 0.489 e. The molecule has 1 fully saturated rings. The van der Waals surface area contributed by atoms with Gasteiger partial charge < -0.3 is 19.3 Å². The van der Waals surface area contributed by atoms with E-state index in [0.717, 1.165) is 57.5 Å². The topological polar surface area (TPSA) is 128 Å². The van der Waals surface area contributed by atoms with Crippen LogP contribution in [0, 0.1) is 20.8 Å². The number of aliphatic carboxylic acids is 1. The van der Waals surface area contributed by atoms with Crippen molar-refractivity contribution in [2.75, 3.05) is 6.61 Å². The molecule has 2 heterocycles. The van der Waals surface area contributed by atoms with Gasteiger partial charge in [-0.05, 0) is 92.8 Å². The van der Waals surface area contributed by atoms with Crippen molar-refractivity contribution in [1.29, 1.82) is 0 Å². The lowest BCUT2D eigenvalue weighted by atomic mass is 9.87. The van der Waals surface area contributed by atoms with Gasteiger partial charge in [-0.2, -0.15) is 0 Å². The maximum absolute atomic E-state index is 12.1. The summed E-state index contributed by atoms with van der Waals surface area (Å²) in [6.07, 6.45) is 4.63. The molecule has 0 aliphatic carbocycles. The first kappa shape index (κ1) is 27.0. The van der Waals surface area contributed by atoms with E-state index in [1.54, 1.807) is 18.2 Å². The van der Waals surface area contributed by atoms with Gasteiger partial charge in [0, 0.05) is 17.7 Å². The van der Waals surface area contributed by atoms with E-state index in [2.05, 4.69) is 5.32 Å². The molecular weight excluding hydrogens is 510 g/mol. The zero-order valence-electron chi connectivity index (χ0n) is 21.4. The molecule has 2 aromatic carbocycles. The molecule has 2 aliphatic heterocycles. The normalized spacial score (nSPS) is 19.7. The minimum atomic E-state index is -1.23. The molecule has 0 spiro atoms. The highest BCUT2D eigenvalue weighted by atomic mass is 32.2. The zero-order valence-corrected chi connectivity index (χ0v) is 22.2. The van der Waals surface area contributed by atoms with E-state index in [1.807, 2.05) is 39.8 Å². The Morgan fingerprint density at radius 1 is 1.11 bits per heavy atom. The predicted octanol–water partition coefficient (Wildman–Crippen LogP) is 4.64. The highest BCUT2D eigenvalue weighted by Gasteiger charge is 2.36. The second-order valence-electron chi connectivity index (χ2n) is 9.37. The molecule has 2 aliphatic rings. The monoisotopic (exact) mass is 537 g/mol. The zero-order chi connectivity index (χ0) is 27.6. The molecule has 0 aromatic heterocycles. The van der Waals surface area contributed by atoms with Crippen molar-refractivity contribution in [2.45, 2.75) is 46.1 Å². The third kappa shape index (κ3) is 5.91. The Hall–Kier alpha value is -4.05. The predicted molar refractivity (Wildman–Crippen MR) is 141 cm³/mol. The third-order valence-corrected chi connectivity index (χ3v) is 7.30. The van der Waals surface area contributed by atoms with E-state index in [4.69, 9.17) is 19.3 Å². The molecule has 9 nitrogen and oxygen atoms in total. The summed E-state index contributed by atoms with van der Waals surface area (Å²) in [5.74, 6) is -0.587. The number of hydrogen-bond acceptors (Lipinski definition) is 8. The van der Waals surface area contributed by atoms with Gasteiger partial charge in [0.2, 0.25) is 0 Å². The van der Waals surface area contributed by atoms with Crippen LogP contribution in [0.1, 0.15) is 41.2 Å². The maximum Gasteiger partial charge on any atom is 0.336 e. The first-order valence-electron chi connectivity index (χ1n) is 11.9. The van der Waals surface area contributed by atoms with Crippen LogP contribution in [0.15, 0.2) is 41.3 Å². The molecule has 0 radical (unpaired) electrons. The van der Waals surface area contributed by atoms with Crippen LogP contribution in [-0.2, 0) is 20.8 Å². The Balaban J connectivity index is 1.45. The number of hydrogen-bond donors (Lipinski definition) is 2. The Morgan fingerprint density at radius 2 is 1.82 bits per heavy atom. The van der Waals surface area contributed by atoms with Crippen LogP contribution in [0.2, 0.25) is 0 Å². The maximum atomic E-state index is 12.1. The van der Waals surface area contributed by atoms with Crippen molar-refractivity contribution in [3.63, 3.8) is 0 Å². The third-order valence-electron chi connectivity index (χ3n) is 6.49. The number of carbonyl (C=O) groups excluding carboxylic acids is 3. The minimum absolute atomic E-state index is 0.299. The van der Waals surface area contributed by atoms with E-state index in [0.29, 0.717) is 35.9 Å². The van der Waals surface area contributed by atoms with Crippen molar-refractivity contribution < 1.29 is 38.5 Å². The lowest BCUT2D eigenvalue weighted by molar-refractivity contribution is -0.133. The molecule has 1 unspecified atom stereocenters. The lowest BCUT2D eigenvalue weighted by Gasteiger charge is -2.37. The summed E-state index contributed by atoms with van der Waals surface area (Å²) in [6, 6.07) is 7.21. The molecule has 0 bridgehead atoms. The van der Waals surface area contributed by atoms with Gasteiger partial charge in [0.1, 0.15) is 29.5 Å². The number of carbonyl (C=O) groups is 4. The van der Waals surface area contributed by atoms with Crippen LogP contribution in [0.3, 0.4) is 0 Å². The number of benzene rings is 2. The van der Waals surface area contributed by atoms with Gasteiger partial charge in [-0.15, -0.1) is 0 Å². The van der Waals surface area contributed by atoms with E-state index < -0.39 is 23.4 Å². The molecule has 1 saturated heterocycles. The fraction of sp³-hybridized carbons (Fsp3) is 0.286. The quantitative estimate of drug-likeness (QED) is 0.295. The Morgan fingerprint density at radius 3 is 2.45 bits per heavy atom. The molecule has 10 heteroatoms. The van der Waals surface area contributed by atoms with Crippen LogP contribution >= 0.6 is 11.8 Å². The molecular formula is C28H27NO8S. The summed E-state index contributed by atoms with van der Waals surface area (Å²) in [5, 5.41) is 10.6. The van der Waals surface area contributed by atoms with Crippen molar-refractivity contribution in [3.05, 3.63) is 69.1 Å². The number of fused-ring (bicyclic) bond motifs is 1. The van der Waals surface area contributed by atoms with Crippen molar-refractivity contribution in [2.24, 2.45) is 0 Å². The smallest absolute Gasteiger partial charge is 0.336 e. The summed E-state index contributed by atoms with van der Waals surface area (Å²) in [6.45, 7) is 7.87. The number of carboxylic acid groups (broad SMARTS) is 1. The fourth-order valence-electron chi connectivity index (χ4n) is 4.28. The summed E-state index contributed by atoms with van der Waals surface area (Å²) < 4.78 is 18.0. The summed E-state index contributed by atoms with van der Waals surface area (Å²) >= 11 is 0.870. The molecule has 0 saturated carbocycles. The first-order valence-corrected chi connectivity index (χ1v) is 12.7. The van der Waals surface area contributed by atoms with Gasteiger partial charge in [-0.3, -0.25) is 14.9 Å². The number of thioether (sulfide) groups is 1. The van der Waals surface area contributed by atoms with Crippen LogP contribution in [-0.4, -0.2) is 40.4 Å². The number of imide groups is 1. The molecule has 2 aromatic rings. The molecule has 2 amide bonds. The summed E-state index contributed by atoms with van der Waals surface area (Å²) in [5.41, 5.74) is 3.48. The van der Waals surface area contributed by atoms with Gasteiger partial charge in [0.15, 0.2) is 0 Å². The average molecular weight is 538 g/mol. The lowest BCUT2D eigenvalue weighted by Crippen LogP contribution is -2.42. The SMILES string of the molecule is Cc1c(C)c2c(c(C)c1OC(=O)/C=C/C(=O)O)CCC(C)(COc1ccc(/C=C3\SC(=O)NC3=O)cc1)O2. The van der Waals surface area contributed by atoms with Gasteiger partial charge in [-0.25, -0.2) is 9.59 Å². The second-order valence-corrected chi connectivity index (χ2v) is 10.4. The molecule has 1 atom stereocenters. The fourth-order valence-corrected chi connectivity index (χ4v) is 4.96. The van der Waals surface area contributed by atoms with Crippen molar-refractivity contribution >= 4 is 40.9 Å². The highest BCUT2D eigenvalue weighted by molar-refractivity contribution is 8.18. The number of rotatable bonds is 7. The number of ether oxygens (including phenoxy) is 3. The number of amides is 2. The standard InChI is InChI=1S/C28H27NO8S/c1-15-16(2)25-20(17(3)24(15)36-23(32)10-9-22(30)31)11-12-28(4,37-25)14-35-19-7-5-18(6-8-19)13-21-26(33)29-27(34)38-21/h5-10,13H,11-12,14H2,1-4H3,(H,30,31)(H,29,33,34)/b10-9+,21-13-. The van der Waals surface area contributed by atoms with E-state index in [9.17, 15) is 19.2 Å². The highest BCUT2D eigenvalue weighted by Crippen LogP contribution is 2.44. The number of nitrogens with one attached hydrogen (secondary N) is 1. The van der Waals surface area contributed by atoms with E-state index in [1.165, 1.54) is 0 Å². The Kier molecular flexibility index (Phi) is 7.63. The van der Waals surface area contributed by atoms with Gasteiger partial charge in [0.25, 0.3) is 11.1 Å². The number of carboxylic acids is 1. The first-order chi connectivity index (χ1) is 18.0. The van der Waals surface area contributed by atoms with Gasteiger partial charge in [0.05, 0.1) is 4.91 Å². The molecule has 4 rings (SSSR count). The van der Waals surface area contributed by atoms with Crippen LogP contribution in [0.25, 0.3) is 6.08 Å². The van der Waals surface area contributed by atoms with E-state index in [-0.39, 0.29) is 5.24 Å². The van der Waals surface area contributed by atoms with Gasteiger partial charge in [-0.1, -0.05) is 12.1 Å². The molecule has 2 N–H and O–H groups in total. The second kappa shape index (κ2) is 10.7. The van der Waals surface area contributed by atoms with Crippen molar-refractivity contribution in [3.8, 4) is 17.2 Å². The molecule has 198 valence electrons. The Bertz CT molecular complexity index is 1390. The minimum Gasteiger partial charge on any atom is -0.489 e. The van der Waals surface area contributed by atoms with Gasteiger partial charge >= 0.3 is 11.9 Å². The summed E-state index contributed by atoms with van der Waals surface area (Å²) in [7, 11) is 0. The van der Waals surface area contributed by atoms with Crippen LogP contribution in [0.5, 0.6) is 17.2 Å². The van der Waals surface area contributed by atoms with Crippen LogP contribution < -0.4 is 19.5 Å². The summed E-state index contributed by atoms with van der Waals surface area (Å²) in [4.78, 5) is 46.2. The average Bonchev–Trinajstić information content (AvgIpc) is 3.19.